The molecule has 0 aliphatic carbocycles. The summed E-state index contributed by atoms with van der Waals surface area (Å²) in [6.07, 6.45) is 2.88. The Morgan fingerprint density at radius 3 is 2.81 bits per heavy atom. The van der Waals surface area contributed by atoms with E-state index in [4.69, 9.17) is 9.26 Å². The van der Waals surface area contributed by atoms with E-state index in [1.807, 2.05) is 4.90 Å². The van der Waals surface area contributed by atoms with Crippen molar-refractivity contribution >= 4 is 5.97 Å². The normalized spacial score (nSPS) is 17.1. The van der Waals surface area contributed by atoms with Gasteiger partial charge in [0.05, 0.1) is 6.61 Å². The van der Waals surface area contributed by atoms with Gasteiger partial charge in [-0.15, -0.1) is 0 Å². The molecule has 27 heavy (non-hydrogen) atoms. The van der Waals surface area contributed by atoms with Crippen LogP contribution >= 0.6 is 0 Å². The van der Waals surface area contributed by atoms with Gasteiger partial charge < -0.3 is 14.4 Å². The van der Waals surface area contributed by atoms with Gasteiger partial charge in [-0.25, -0.2) is 4.39 Å². The molecular weight excluding hydrogens is 353 g/mol. The summed E-state index contributed by atoms with van der Waals surface area (Å²) in [5, 5.41) is 13.6. The fourth-order valence-corrected chi connectivity index (χ4v) is 3.51. The number of aliphatic carboxylic acids is 1. The van der Waals surface area contributed by atoms with Crippen molar-refractivity contribution in [1.29, 1.82) is 0 Å². The first kappa shape index (κ1) is 19.4. The molecule has 1 aromatic carbocycles. The maximum Gasteiger partial charge on any atom is 0.325 e. The van der Waals surface area contributed by atoms with Crippen LogP contribution in [0.3, 0.4) is 0 Å². The fraction of sp³-hybridized carbons (Fsp3) is 0.526. The van der Waals surface area contributed by atoms with Gasteiger partial charge in [-0.3, -0.25) is 9.69 Å². The molecule has 0 spiro atoms. The second-order valence-corrected chi connectivity index (χ2v) is 6.79. The van der Waals surface area contributed by atoms with Crippen molar-refractivity contribution in [2.45, 2.75) is 31.7 Å². The van der Waals surface area contributed by atoms with Gasteiger partial charge in [0.15, 0.2) is 5.82 Å². The summed E-state index contributed by atoms with van der Waals surface area (Å²) in [7, 11) is 1.63. The van der Waals surface area contributed by atoms with Crippen molar-refractivity contribution in [2.75, 3.05) is 26.8 Å². The number of aromatic nitrogens is 2. The molecule has 1 unspecified atom stereocenters. The fourth-order valence-electron chi connectivity index (χ4n) is 3.51. The standard InChI is InChI=1S/C19H24FN3O4/c1-26-11-8-16-21-17(27-22-16)12-13-6-9-23(10-7-13)18(19(24)25)14-4-2-3-5-15(14)20/h2-5,13,18H,6-12H2,1H3,(H,24,25). The van der Waals surface area contributed by atoms with E-state index in [1.54, 1.807) is 25.3 Å². The Balaban J connectivity index is 1.58. The number of benzene rings is 1. The highest BCUT2D eigenvalue weighted by atomic mass is 19.1. The Morgan fingerprint density at radius 2 is 2.15 bits per heavy atom. The molecule has 1 saturated heterocycles. The molecule has 146 valence electrons. The largest absolute Gasteiger partial charge is 0.480 e. The van der Waals surface area contributed by atoms with Crippen LogP contribution < -0.4 is 0 Å². The third-order valence-corrected chi connectivity index (χ3v) is 4.95. The topological polar surface area (TPSA) is 88.7 Å². The van der Waals surface area contributed by atoms with Crippen LogP contribution in [0.4, 0.5) is 4.39 Å². The van der Waals surface area contributed by atoms with Gasteiger partial charge in [0, 0.05) is 25.5 Å². The number of likely N-dealkylation sites (tertiary alicyclic amines) is 1. The molecule has 0 radical (unpaired) electrons. The number of nitrogens with zero attached hydrogens (tertiary/aromatic N) is 3. The molecule has 1 atom stereocenters. The number of halogens is 1. The minimum Gasteiger partial charge on any atom is -0.480 e. The number of piperidine rings is 1. The number of hydrogen-bond acceptors (Lipinski definition) is 6. The van der Waals surface area contributed by atoms with Crippen LogP contribution in [0.15, 0.2) is 28.8 Å². The molecule has 8 heteroatoms. The molecule has 2 aromatic rings. The second kappa shape index (κ2) is 9.05. The lowest BCUT2D eigenvalue weighted by Crippen LogP contribution is -2.40. The van der Waals surface area contributed by atoms with Crippen LogP contribution in [-0.4, -0.2) is 52.9 Å². The molecule has 1 aliphatic heterocycles. The van der Waals surface area contributed by atoms with Crippen LogP contribution in [0, 0.1) is 11.7 Å². The lowest BCUT2D eigenvalue weighted by molar-refractivity contribution is -0.144. The minimum atomic E-state index is -1.03. The third-order valence-electron chi connectivity index (χ3n) is 4.95. The Bertz CT molecular complexity index is 759. The van der Waals surface area contributed by atoms with Gasteiger partial charge in [0.2, 0.25) is 5.89 Å². The van der Waals surface area contributed by atoms with Crippen molar-refractivity contribution in [1.82, 2.24) is 15.0 Å². The maximum absolute atomic E-state index is 14.1. The van der Waals surface area contributed by atoms with Gasteiger partial charge in [0.1, 0.15) is 11.9 Å². The SMILES string of the molecule is COCCc1noc(CC2CCN(C(C(=O)O)c3ccccc3F)CC2)n1. The molecule has 2 heterocycles. The van der Waals surface area contributed by atoms with Gasteiger partial charge in [-0.2, -0.15) is 4.98 Å². The summed E-state index contributed by atoms with van der Waals surface area (Å²) >= 11 is 0. The van der Waals surface area contributed by atoms with Crippen LogP contribution in [-0.2, 0) is 22.4 Å². The van der Waals surface area contributed by atoms with E-state index < -0.39 is 17.8 Å². The lowest BCUT2D eigenvalue weighted by atomic mass is 9.91. The van der Waals surface area contributed by atoms with E-state index in [9.17, 15) is 14.3 Å². The quantitative estimate of drug-likeness (QED) is 0.756. The van der Waals surface area contributed by atoms with Gasteiger partial charge in [-0.1, -0.05) is 23.4 Å². The van der Waals surface area contributed by atoms with E-state index in [1.165, 1.54) is 6.07 Å². The van der Waals surface area contributed by atoms with E-state index >= 15 is 0 Å². The van der Waals surface area contributed by atoms with Crippen molar-refractivity contribution < 1.29 is 23.6 Å². The molecule has 1 aliphatic rings. The van der Waals surface area contributed by atoms with E-state index in [0.717, 1.165) is 12.8 Å². The molecule has 0 saturated carbocycles. The van der Waals surface area contributed by atoms with Crippen molar-refractivity contribution in [3.05, 3.63) is 47.4 Å². The monoisotopic (exact) mass is 377 g/mol. The zero-order valence-electron chi connectivity index (χ0n) is 15.3. The average molecular weight is 377 g/mol. The summed E-state index contributed by atoms with van der Waals surface area (Å²) in [5.41, 5.74) is 0.211. The van der Waals surface area contributed by atoms with Crippen molar-refractivity contribution in [3.8, 4) is 0 Å². The average Bonchev–Trinajstić information content (AvgIpc) is 3.10. The summed E-state index contributed by atoms with van der Waals surface area (Å²) in [6, 6.07) is 5.11. The number of hydrogen-bond donors (Lipinski definition) is 1. The highest BCUT2D eigenvalue weighted by Crippen LogP contribution is 2.30. The van der Waals surface area contributed by atoms with E-state index in [-0.39, 0.29) is 5.56 Å². The van der Waals surface area contributed by atoms with Crippen LogP contribution in [0.1, 0.15) is 36.2 Å². The predicted octanol–water partition coefficient (Wildman–Crippen LogP) is 2.48. The first-order valence-corrected chi connectivity index (χ1v) is 9.10. The van der Waals surface area contributed by atoms with Gasteiger partial charge in [-0.05, 0) is 37.9 Å². The highest BCUT2D eigenvalue weighted by Gasteiger charge is 2.33. The van der Waals surface area contributed by atoms with Gasteiger partial charge >= 0.3 is 5.97 Å². The Hall–Kier alpha value is -2.32. The van der Waals surface area contributed by atoms with Crippen molar-refractivity contribution in [3.63, 3.8) is 0 Å². The molecule has 0 bridgehead atoms. The zero-order chi connectivity index (χ0) is 19.2. The minimum absolute atomic E-state index is 0.211. The number of carboxylic acid groups (broad SMARTS) is 1. The molecule has 1 aromatic heterocycles. The second-order valence-electron chi connectivity index (χ2n) is 6.79. The predicted molar refractivity (Wildman–Crippen MR) is 94.7 cm³/mol. The first-order chi connectivity index (χ1) is 13.1. The number of ether oxygens (including phenoxy) is 1. The van der Waals surface area contributed by atoms with E-state index in [2.05, 4.69) is 10.1 Å². The van der Waals surface area contributed by atoms with Crippen molar-refractivity contribution in [2.24, 2.45) is 5.92 Å². The summed E-state index contributed by atoms with van der Waals surface area (Å²) in [6.45, 7) is 1.71. The molecule has 1 N–H and O–H groups in total. The zero-order valence-corrected chi connectivity index (χ0v) is 15.3. The number of rotatable bonds is 8. The summed E-state index contributed by atoms with van der Waals surface area (Å²) < 4.78 is 24.4. The van der Waals surface area contributed by atoms with Crippen LogP contribution in [0.5, 0.6) is 0 Å². The molecule has 0 amide bonds. The summed E-state index contributed by atoms with van der Waals surface area (Å²) in [4.78, 5) is 18.0. The van der Waals surface area contributed by atoms with Crippen LogP contribution in [0.2, 0.25) is 0 Å². The Morgan fingerprint density at radius 1 is 1.41 bits per heavy atom. The molecule has 1 fully saturated rings. The Labute approximate surface area is 157 Å². The highest BCUT2D eigenvalue weighted by molar-refractivity contribution is 5.75. The molecule has 7 nitrogen and oxygen atoms in total. The molecular formula is C19H24FN3O4. The Kier molecular flexibility index (Phi) is 6.52. The van der Waals surface area contributed by atoms with Gasteiger partial charge in [0.25, 0.3) is 0 Å². The first-order valence-electron chi connectivity index (χ1n) is 9.10. The number of carboxylic acids is 1. The molecule has 3 rings (SSSR count). The number of carbonyl (C=O) groups is 1. The number of methoxy groups -OCH3 is 1. The smallest absolute Gasteiger partial charge is 0.325 e. The summed E-state index contributed by atoms with van der Waals surface area (Å²) in [5.74, 6) is 0.0602. The third kappa shape index (κ3) is 4.90. The maximum atomic E-state index is 14.1. The van der Waals surface area contributed by atoms with Crippen LogP contribution in [0.25, 0.3) is 0 Å². The van der Waals surface area contributed by atoms with E-state index in [0.29, 0.717) is 50.2 Å². The lowest BCUT2D eigenvalue weighted by Gasteiger charge is -2.35.